The van der Waals surface area contributed by atoms with Gasteiger partial charge < -0.3 is 0 Å². The molecule has 0 fully saturated rings. The van der Waals surface area contributed by atoms with Crippen LogP contribution >= 0.6 is 11.3 Å². The smallest absolute Gasteiger partial charge is 0.282 e. The Kier molecular flexibility index (Phi) is 3.34. The van der Waals surface area contributed by atoms with Gasteiger partial charge in [-0.15, -0.1) is 0 Å². The summed E-state index contributed by atoms with van der Waals surface area (Å²) in [5.74, 6) is 0. The second kappa shape index (κ2) is 4.56. The lowest BCUT2D eigenvalue weighted by Gasteiger charge is -2.00. The lowest BCUT2D eigenvalue weighted by Crippen LogP contribution is -2.30. The van der Waals surface area contributed by atoms with Crippen molar-refractivity contribution in [2.45, 2.75) is 11.8 Å². The topological polar surface area (TPSA) is 58.3 Å². The number of thiazole rings is 1. The van der Waals surface area contributed by atoms with Crippen molar-refractivity contribution in [1.29, 1.82) is 0 Å². The number of aryl methyl sites for hydroxylation is 2. The quantitative estimate of drug-likeness (QED) is 0.538. The average molecular weight is 296 g/mol. The van der Waals surface area contributed by atoms with E-state index in [0.717, 1.165) is 10.5 Å². The fourth-order valence-electron chi connectivity index (χ4n) is 1.98. The molecule has 1 aromatic heterocycles. The monoisotopic (exact) mass is 296 g/mol. The number of hydrogen-bond donors (Lipinski definition) is 1. The molecule has 0 amide bonds. The molecule has 1 N–H and O–H groups in total. The van der Waals surface area contributed by atoms with E-state index in [-0.39, 0.29) is 4.90 Å². The average Bonchev–Trinajstić information content (AvgIpc) is 2.63. The first-order valence-electron chi connectivity index (χ1n) is 5.48. The van der Waals surface area contributed by atoms with Gasteiger partial charge in [0.2, 0.25) is 5.52 Å². The van der Waals surface area contributed by atoms with E-state index in [0.29, 0.717) is 15.8 Å². The molecule has 0 radical (unpaired) electrons. The maximum absolute atomic E-state index is 11.5. The first-order valence-corrected chi connectivity index (χ1v) is 7.74. The summed E-state index contributed by atoms with van der Waals surface area (Å²) in [5.41, 5.74) is 1.97. The SMILES string of the molecule is C=CC(=C)c1sc2c(S(=O)(=O)O)c(C)ccc2[n+]1C. The van der Waals surface area contributed by atoms with Gasteiger partial charge in [0.05, 0.1) is 0 Å². The molecule has 4 nitrogen and oxygen atoms in total. The van der Waals surface area contributed by atoms with Gasteiger partial charge in [0.1, 0.15) is 16.6 Å². The molecule has 0 saturated carbocycles. The number of aromatic nitrogens is 1. The predicted molar refractivity (Wildman–Crippen MR) is 76.8 cm³/mol. The molecule has 1 aromatic carbocycles. The van der Waals surface area contributed by atoms with E-state index in [1.54, 1.807) is 19.1 Å². The Morgan fingerprint density at radius 2 is 2.11 bits per heavy atom. The van der Waals surface area contributed by atoms with Crippen LogP contribution in [0.4, 0.5) is 0 Å². The molecule has 0 saturated heterocycles. The Morgan fingerprint density at radius 3 is 2.63 bits per heavy atom. The maximum atomic E-state index is 11.5. The van der Waals surface area contributed by atoms with Crippen molar-refractivity contribution >= 4 is 37.2 Å². The van der Waals surface area contributed by atoms with Crippen molar-refractivity contribution in [2.75, 3.05) is 0 Å². The van der Waals surface area contributed by atoms with Crippen molar-refractivity contribution in [1.82, 2.24) is 0 Å². The lowest BCUT2D eigenvalue weighted by molar-refractivity contribution is -0.642. The van der Waals surface area contributed by atoms with Gasteiger partial charge in [-0.2, -0.15) is 13.0 Å². The zero-order valence-corrected chi connectivity index (χ0v) is 12.3. The molecule has 0 atom stereocenters. The van der Waals surface area contributed by atoms with E-state index < -0.39 is 10.1 Å². The minimum absolute atomic E-state index is 0.0336. The van der Waals surface area contributed by atoms with Crippen LogP contribution in [-0.4, -0.2) is 13.0 Å². The number of allylic oxidation sites excluding steroid dienone is 2. The summed E-state index contributed by atoms with van der Waals surface area (Å²) in [6.45, 7) is 9.19. The summed E-state index contributed by atoms with van der Waals surface area (Å²) in [6, 6.07) is 3.51. The van der Waals surface area contributed by atoms with E-state index in [1.807, 2.05) is 17.7 Å². The minimum atomic E-state index is -4.25. The summed E-state index contributed by atoms with van der Waals surface area (Å²) in [5, 5.41) is 0.806. The van der Waals surface area contributed by atoms with Crippen LogP contribution in [0.15, 0.2) is 36.3 Å². The summed E-state index contributed by atoms with van der Waals surface area (Å²) in [6.07, 6.45) is 1.62. The zero-order chi connectivity index (χ0) is 14.4. The summed E-state index contributed by atoms with van der Waals surface area (Å²) in [7, 11) is -2.43. The van der Waals surface area contributed by atoms with Gasteiger partial charge in [0, 0.05) is 11.6 Å². The number of hydrogen-bond acceptors (Lipinski definition) is 3. The Balaban J connectivity index is 2.96. The van der Waals surface area contributed by atoms with Crippen molar-refractivity contribution < 1.29 is 17.5 Å². The lowest BCUT2D eigenvalue weighted by atomic mass is 10.2. The van der Waals surface area contributed by atoms with Gasteiger partial charge in [-0.1, -0.05) is 36.6 Å². The number of fused-ring (bicyclic) bond motifs is 1. The highest BCUT2D eigenvalue weighted by molar-refractivity contribution is 7.86. The largest absolute Gasteiger partial charge is 0.296 e. The molecule has 6 heteroatoms. The molecule has 0 aliphatic rings. The molecule has 0 spiro atoms. The molecular weight excluding hydrogens is 282 g/mol. The number of rotatable bonds is 3. The molecule has 0 aliphatic heterocycles. The first kappa shape index (κ1) is 13.9. The van der Waals surface area contributed by atoms with Crippen LogP contribution in [0.25, 0.3) is 15.8 Å². The standard InChI is InChI=1S/C13H13NO3S2/c1-5-8(2)13-14(4)10-7-6-9(3)12(11(10)18-13)19(15,16)17/h5-7H,1-2H2,3-4H3/p+1. The highest BCUT2D eigenvalue weighted by atomic mass is 32.2. The predicted octanol–water partition coefficient (Wildman–Crippen LogP) is 2.48. The Bertz CT molecular complexity index is 801. The van der Waals surface area contributed by atoms with Gasteiger partial charge in [0.15, 0.2) is 0 Å². The maximum Gasteiger partial charge on any atom is 0.296 e. The van der Waals surface area contributed by atoms with Crippen LogP contribution in [0.3, 0.4) is 0 Å². The molecule has 100 valence electrons. The molecule has 2 aromatic rings. The van der Waals surface area contributed by atoms with E-state index in [2.05, 4.69) is 13.2 Å². The highest BCUT2D eigenvalue weighted by Crippen LogP contribution is 2.32. The highest BCUT2D eigenvalue weighted by Gasteiger charge is 2.26. The first-order chi connectivity index (χ1) is 8.77. The normalized spacial score (nSPS) is 11.7. The summed E-state index contributed by atoms with van der Waals surface area (Å²) in [4.78, 5) is -0.0336. The van der Waals surface area contributed by atoms with Crippen molar-refractivity contribution in [2.24, 2.45) is 7.05 Å². The second-order valence-electron chi connectivity index (χ2n) is 4.23. The molecule has 1 heterocycles. The fourth-order valence-corrected chi connectivity index (χ4v) is 4.44. The van der Waals surface area contributed by atoms with Crippen LogP contribution in [-0.2, 0) is 17.2 Å². The molecule has 0 bridgehead atoms. The Morgan fingerprint density at radius 1 is 1.47 bits per heavy atom. The Labute approximate surface area is 116 Å². The van der Waals surface area contributed by atoms with Gasteiger partial charge in [0.25, 0.3) is 15.1 Å². The van der Waals surface area contributed by atoms with Gasteiger partial charge in [-0.05, 0) is 12.5 Å². The van der Waals surface area contributed by atoms with E-state index in [1.165, 1.54) is 11.3 Å². The fraction of sp³-hybridized carbons (Fsp3) is 0.154. The second-order valence-corrected chi connectivity index (χ2v) is 6.59. The molecule has 0 aliphatic carbocycles. The van der Waals surface area contributed by atoms with E-state index >= 15 is 0 Å². The van der Waals surface area contributed by atoms with E-state index in [4.69, 9.17) is 0 Å². The zero-order valence-electron chi connectivity index (χ0n) is 10.7. The van der Waals surface area contributed by atoms with Crippen LogP contribution in [0.1, 0.15) is 10.6 Å². The number of benzene rings is 1. The van der Waals surface area contributed by atoms with Crippen LogP contribution in [0.5, 0.6) is 0 Å². The van der Waals surface area contributed by atoms with Gasteiger partial charge in [-0.25, -0.2) is 0 Å². The molecular formula is C13H14NO3S2+. The van der Waals surface area contributed by atoms with Crippen LogP contribution < -0.4 is 4.57 Å². The summed E-state index contributed by atoms with van der Waals surface area (Å²) >= 11 is 1.28. The van der Waals surface area contributed by atoms with Crippen molar-refractivity contribution in [3.05, 3.63) is 41.9 Å². The molecule has 0 unspecified atom stereocenters. The van der Waals surface area contributed by atoms with Crippen molar-refractivity contribution in [3.8, 4) is 0 Å². The molecule has 2 rings (SSSR count). The van der Waals surface area contributed by atoms with Gasteiger partial charge in [-0.3, -0.25) is 4.55 Å². The third-order valence-electron chi connectivity index (χ3n) is 2.93. The minimum Gasteiger partial charge on any atom is -0.282 e. The van der Waals surface area contributed by atoms with Crippen LogP contribution in [0.2, 0.25) is 0 Å². The Hall–Kier alpha value is -1.50. The number of nitrogens with zero attached hydrogens (tertiary/aromatic N) is 1. The summed E-state index contributed by atoms with van der Waals surface area (Å²) < 4.78 is 34.8. The van der Waals surface area contributed by atoms with Gasteiger partial charge >= 0.3 is 0 Å². The third-order valence-corrected chi connectivity index (χ3v) is 5.45. The van der Waals surface area contributed by atoms with Crippen LogP contribution in [0, 0.1) is 6.92 Å². The van der Waals surface area contributed by atoms with E-state index in [9.17, 15) is 13.0 Å². The van der Waals surface area contributed by atoms with Crippen molar-refractivity contribution in [3.63, 3.8) is 0 Å². The molecule has 19 heavy (non-hydrogen) atoms. The third kappa shape index (κ3) is 2.22.